The summed E-state index contributed by atoms with van der Waals surface area (Å²) in [5.74, 6) is 0.193. The summed E-state index contributed by atoms with van der Waals surface area (Å²) in [5, 5.41) is 1.08. The van der Waals surface area contributed by atoms with Gasteiger partial charge in [-0.05, 0) is 42.5 Å². The molecule has 5 heteroatoms. The Morgan fingerprint density at radius 3 is 2.42 bits per heavy atom. The van der Waals surface area contributed by atoms with Crippen LogP contribution in [-0.2, 0) is 28.9 Å². The fourth-order valence-electron chi connectivity index (χ4n) is 3.83. The van der Waals surface area contributed by atoms with Gasteiger partial charge < -0.3 is 14.2 Å². The van der Waals surface area contributed by atoms with Crippen molar-refractivity contribution in [2.24, 2.45) is 0 Å². The van der Waals surface area contributed by atoms with Gasteiger partial charge in [-0.3, -0.25) is 9.59 Å². The number of furan rings is 1. The number of hydrogen-bond acceptors (Lipinski definition) is 3. The Hall–Kier alpha value is -2.30. The lowest BCUT2D eigenvalue weighted by Gasteiger charge is -2.34. The zero-order valence-electron chi connectivity index (χ0n) is 14.0. The molecule has 24 heavy (non-hydrogen) atoms. The smallest absolute Gasteiger partial charge is 0.227 e. The second kappa shape index (κ2) is 5.96. The van der Waals surface area contributed by atoms with E-state index in [0.717, 1.165) is 29.4 Å². The van der Waals surface area contributed by atoms with Crippen molar-refractivity contribution in [3.05, 3.63) is 35.1 Å². The number of piperazine rings is 1. The van der Waals surface area contributed by atoms with Crippen LogP contribution in [0.3, 0.4) is 0 Å². The third-order valence-corrected chi connectivity index (χ3v) is 5.29. The molecule has 0 atom stereocenters. The van der Waals surface area contributed by atoms with Gasteiger partial charge in [0, 0.05) is 44.1 Å². The van der Waals surface area contributed by atoms with Crippen LogP contribution in [0.1, 0.15) is 30.0 Å². The second-order valence-corrected chi connectivity index (χ2v) is 6.80. The number of aryl methyl sites for hydroxylation is 2. The predicted molar refractivity (Wildman–Crippen MR) is 90.8 cm³/mol. The van der Waals surface area contributed by atoms with E-state index in [2.05, 4.69) is 12.1 Å². The Kier molecular flexibility index (Phi) is 3.79. The molecule has 1 aliphatic carbocycles. The monoisotopic (exact) mass is 326 g/mol. The molecule has 126 valence electrons. The lowest BCUT2D eigenvalue weighted by Crippen LogP contribution is -2.50. The molecule has 0 N–H and O–H groups in total. The van der Waals surface area contributed by atoms with E-state index in [9.17, 15) is 9.59 Å². The second-order valence-electron chi connectivity index (χ2n) is 6.80. The lowest BCUT2D eigenvalue weighted by molar-refractivity contribution is -0.138. The molecule has 2 amide bonds. The molecule has 2 heterocycles. The van der Waals surface area contributed by atoms with Crippen molar-refractivity contribution in [2.45, 2.75) is 32.6 Å². The van der Waals surface area contributed by atoms with E-state index in [-0.39, 0.29) is 11.8 Å². The van der Waals surface area contributed by atoms with E-state index in [4.69, 9.17) is 4.42 Å². The summed E-state index contributed by atoms with van der Waals surface area (Å²) >= 11 is 0. The van der Waals surface area contributed by atoms with Crippen molar-refractivity contribution in [3.63, 3.8) is 0 Å². The summed E-state index contributed by atoms with van der Waals surface area (Å²) in [6.07, 6.45) is 5.55. The number of carbonyl (C=O) groups is 2. The highest BCUT2D eigenvalue weighted by molar-refractivity contribution is 5.88. The summed E-state index contributed by atoms with van der Waals surface area (Å²) in [6, 6.07) is 4.34. The van der Waals surface area contributed by atoms with Crippen LogP contribution in [0.4, 0.5) is 0 Å². The van der Waals surface area contributed by atoms with Crippen molar-refractivity contribution in [2.75, 3.05) is 26.2 Å². The lowest BCUT2D eigenvalue weighted by atomic mass is 10.0. The van der Waals surface area contributed by atoms with Crippen LogP contribution in [0, 0.1) is 0 Å². The Morgan fingerprint density at radius 2 is 1.71 bits per heavy atom. The molecule has 1 fully saturated rings. The van der Waals surface area contributed by atoms with Gasteiger partial charge in [0.25, 0.3) is 0 Å². The number of nitrogens with zero attached hydrogens (tertiary/aromatic N) is 2. The first kappa shape index (κ1) is 15.2. The van der Waals surface area contributed by atoms with Gasteiger partial charge in [-0.2, -0.15) is 0 Å². The Labute approximate surface area is 141 Å². The van der Waals surface area contributed by atoms with E-state index in [1.165, 1.54) is 17.5 Å². The molecular formula is C19H22N2O3. The molecule has 1 aromatic carbocycles. The topological polar surface area (TPSA) is 53.8 Å². The Balaban J connectivity index is 1.48. The molecule has 0 saturated carbocycles. The molecule has 2 aliphatic rings. The highest BCUT2D eigenvalue weighted by atomic mass is 16.3. The van der Waals surface area contributed by atoms with Gasteiger partial charge in [0.2, 0.25) is 11.8 Å². The van der Waals surface area contributed by atoms with Gasteiger partial charge in [-0.15, -0.1) is 0 Å². The molecule has 1 aliphatic heterocycles. The van der Waals surface area contributed by atoms with Gasteiger partial charge in [0.05, 0.1) is 12.7 Å². The van der Waals surface area contributed by atoms with E-state index >= 15 is 0 Å². The minimum atomic E-state index is 0.0804. The fourth-order valence-corrected chi connectivity index (χ4v) is 3.83. The molecule has 2 aromatic rings. The first-order chi connectivity index (χ1) is 11.6. The molecule has 0 spiro atoms. The molecule has 5 nitrogen and oxygen atoms in total. The van der Waals surface area contributed by atoms with Gasteiger partial charge in [-0.25, -0.2) is 0 Å². The Morgan fingerprint density at radius 1 is 1.04 bits per heavy atom. The normalized spacial score (nSPS) is 17.4. The molecule has 4 rings (SSSR count). The number of benzene rings is 1. The van der Waals surface area contributed by atoms with Crippen LogP contribution in [0.25, 0.3) is 11.0 Å². The van der Waals surface area contributed by atoms with Crippen molar-refractivity contribution >= 4 is 22.8 Å². The van der Waals surface area contributed by atoms with Crippen LogP contribution in [-0.4, -0.2) is 47.8 Å². The average molecular weight is 326 g/mol. The number of amides is 2. The van der Waals surface area contributed by atoms with Gasteiger partial charge >= 0.3 is 0 Å². The fraction of sp³-hybridized carbons (Fsp3) is 0.474. The van der Waals surface area contributed by atoms with E-state index in [1.54, 1.807) is 18.1 Å². The number of rotatable bonds is 2. The highest BCUT2D eigenvalue weighted by Gasteiger charge is 2.24. The molecule has 0 radical (unpaired) electrons. The first-order valence-corrected chi connectivity index (χ1v) is 8.67. The maximum absolute atomic E-state index is 12.6. The molecule has 0 bridgehead atoms. The average Bonchev–Trinajstić information content (AvgIpc) is 3.19. The predicted octanol–water partition coefficient (Wildman–Crippen LogP) is 2.15. The van der Waals surface area contributed by atoms with Crippen LogP contribution in [0.5, 0.6) is 0 Å². The van der Waals surface area contributed by atoms with E-state index < -0.39 is 0 Å². The number of carbonyl (C=O) groups excluding carboxylic acids is 2. The summed E-state index contributed by atoms with van der Waals surface area (Å²) in [7, 11) is 0. The van der Waals surface area contributed by atoms with Crippen molar-refractivity contribution in [3.8, 4) is 0 Å². The van der Waals surface area contributed by atoms with Crippen LogP contribution in [0.2, 0.25) is 0 Å². The summed E-state index contributed by atoms with van der Waals surface area (Å²) in [6.45, 7) is 4.06. The molecular weight excluding hydrogens is 304 g/mol. The standard InChI is InChI=1S/C19H22N2O3/c1-13(22)20-5-7-21(8-6-20)19(23)11-16-12-24-18-10-15-4-2-3-14(15)9-17(16)18/h9-10,12H,2-8,11H2,1H3. The molecule has 0 unspecified atom stereocenters. The summed E-state index contributed by atoms with van der Waals surface area (Å²) < 4.78 is 5.69. The van der Waals surface area contributed by atoms with E-state index in [0.29, 0.717) is 32.6 Å². The first-order valence-electron chi connectivity index (χ1n) is 8.67. The van der Waals surface area contributed by atoms with Crippen LogP contribution < -0.4 is 0 Å². The largest absolute Gasteiger partial charge is 0.464 e. The summed E-state index contributed by atoms with van der Waals surface area (Å²) in [4.78, 5) is 27.6. The zero-order valence-corrected chi connectivity index (χ0v) is 14.0. The third kappa shape index (κ3) is 2.68. The summed E-state index contributed by atoms with van der Waals surface area (Å²) in [5.41, 5.74) is 4.64. The van der Waals surface area contributed by atoms with Gasteiger partial charge in [-0.1, -0.05) is 0 Å². The zero-order chi connectivity index (χ0) is 16.7. The van der Waals surface area contributed by atoms with E-state index in [1.807, 2.05) is 4.90 Å². The number of fused-ring (bicyclic) bond motifs is 2. The van der Waals surface area contributed by atoms with Gasteiger partial charge in [0.15, 0.2) is 0 Å². The number of hydrogen-bond donors (Lipinski definition) is 0. The van der Waals surface area contributed by atoms with Crippen LogP contribution in [0.15, 0.2) is 22.8 Å². The Bertz CT molecular complexity index is 800. The SMILES string of the molecule is CC(=O)N1CCN(C(=O)Cc2coc3cc4c(cc23)CCC4)CC1. The van der Waals surface area contributed by atoms with Crippen molar-refractivity contribution in [1.29, 1.82) is 0 Å². The van der Waals surface area contributed by atoms with Gasteiger partial charge in [0.1, 0.15) is 5.58 Å². The van der Waals surface area contributed by atoms with Crippen LogP contribution >= 0.6 is 0 Å². The van der Waals surface area contributed by atoms with Crippen molar-refractivity contribution < 1.29 is 14.0 Å². The highest BCUT2D eigenvalue weighted by Crippen LogP contribution is 2.30. The minimum absolute atomic E-state index is 0.0804. The molecule has 1 saturated heterocycles. The molecule has 1 aromatic heterocycles. The third-order valence-electron chi connectivity index (χ3n) is 5.29. The maximum Gasteiger partial charge on any atom is 0.227 e. The maximum atomic E-state index is 12.6. The minimum Gasteiger partial charge on any atom is -0.464 e. The van der Waals surface area contributed by atoms with Crippen molar-refractivity contribution in [1.82, 2.24) is 9.80 Å². The quantitative estimate of drug-likeness (QED) is 0.850.